The SMILES string of the molecule is ClCC(Cc1ccccc1)NCc1sccc1Br. The van der Waals surface area contributed by atoms with Crippen molar-refractivity contribution in [3.8, 4) is 0 Å². The van der Waals surface area contributed by atoms with Crippen molar-refractivity contribution in [3.63, 3.8) is 0 Å². The summed E-state index contributed by atoms with van der Waals surface area (Å²) in [5.74, 6) is 0.623. The Kier molecular flexibility index (Phi) is 5.70. The van der Waals surface area contributed by atoms with E-state index in [-0.39, 0.29) is 0 Å². The maximum atomic E-state index is 6.03. The maximum Gasteiger partial charge on any atom is 0.0380 e. The lowest BCUT2D eigenvalue weighted by molar-refractivity contribution is 0.553. The maximum absolute atomic E-state index is 6.03. The lowest BCUT2D eigenvalue weighted by Gasteiger charge is -2.15. The van der Waals surface area contributed by atoms with Crippen LogP contribution in [0.4, 0.5) is 0 Å². The van der Waals surface area contributed by atoms with Gasteiger partial charge in [-0.25, -0.2) is 0 Å². The second-order valence-corrected chi connectivity index (χ2v) is 6.28. The Hall–Kier alpha value is -0.350. The molecule has 0 spiro atoms. The van der Waals surface area contributed by atoms with Crippen LogP contribution in [0.15, 0.2) is 46.3 Å². The number of nitrogens with one attached hydrogen (secondary N) is 1. The van der Waals surface area contributed by atoms with Gasteiger partial charge in [0.1, 0.15) is 0 Å². The van der Waals surface area contributed by atoms with Crippen molar-refractivity contribution in [1.29, 1.82) is 0 Å². The van der Waals surface area contributed by atoms with Gasteiger partial charge in [0, 0.05) is 27.8 Å². The molecule has 2 rings (SSSR count). The molecule has 1 unspecified atom stereocenters. The molecule has 0 fully saturated rings. The van der Waals surface area contributed by atoms with Crippen molar-refractivity contribution >= 4 is 38.9 Å². The molecule has 0 saturated carbocycles. The lowest BCUT2D eigenvalue weighted by atomic mass is 10.1. The fourth-order valence-corrected chi connectivity index (χ4v) is 3.43. The molecule has 0 bridgehead atoms. The molecule has 2 aromatic rings. The van der Waals surface area contributed by atoms with Gasteiger partial charge >= 0.3 is 0 Å². The third kappa shape index (κ3) is 4.09. The highest BCUT2D eigenvalue weighted by Crippen LogP contribution is 2.22. The summed E-state index contributed by atoms with van der Waals surface area (Å²) in [6.07, 6.45) is 0.966. The summed E-state index contributed by atoms with van der Waals surface area (Å²) in [6.45, 7) is 0.864. The highest BCUT2D eigenvalue weighted by molar-refractivity contribution is 9.10. The molecule has 0 aliphatic carbocycles. The number of hydrogen-bond acceptors (Lipinski definition) is 2. The van der Waals surface area contributed by atoms with Crippen molar-refractivity contribution in [1.82, 2.24) is 5.32 Å². The first-order valence-corrected chi connectivity index (χ1v) is 8.05. The molecule has 0 saturated heterocycles. The second kappa shape index (κ2) is 7.29. The van der Waals surface area contributed by atoms with Crippen LogP contribution in [0.25, 0.3) is 0 Å². The third-order valence-electron chi connectivity index (χ3n) is 2.75. The quantitative estimate of drug-likeness (QED) is 0.763. The Morgan fingerprint density at radius 3 is 2.61 bits per heavy atom. The van der Waals surface area contributed by atoms with Crippen LogP contribution in [-0.2, 0) is 13.0 Å². The topological polar surface area (TPSA) is 12.0 Å². The standard InChI is InChI=1S/C14H15BrClNS/c15-13-6-7-18-14(13)10-17-12(9-16)8-11-4-2-1-3-5-11/h1-7,12,17H,8-10H2. The first kappa shape index (κ1) is 14.1. The number of rotatable bonds is 6. The van der Waals surface area contributed by atoms with Gasteiger partial charge in [-0.15, -0.1) is 22.9 Å². The summed E-state index contributed by atoms with van der Waals surface area (Å²) in [4.78, 5) is 1.32. The van der Waals surface area contributed by atoms with Crippen molar-refractivity contribution < 1.29 is 0 Å². The summed E-state index contributed by atoms with van der Waals surface area (Å²) >= 11 is 11.3. The number of alkyl halides is 1. The fraction of sp³-hybridized carbons (Fsp3) is 0.286. The van der Waals surface area contributed by atoms with E-state index >= 15 is 0 Å². The van der Waals surface area contributed by atoms with Gasteiger partial charge in [-0.2, -0.15) is 0 Å². The van der Waals surface area contributed by atoms with Gasteiger partial charge in [-0.05, 0) is 39.4 Å². The molecule has 0 amide bonds. The van der Waals surface area contributed by atoms with Gasteiger partial charge in [0.05, 0.1) is 0 Å². The molecular formula is C14H15BrClNS. The first-order valence-electron chi connectivity index (χ1n) is 5.84. The van der Waals surface area contributed by atoms with Crippen molar-refractivity contribution in [3.05, 3.63) is 56.7 Å². The molecule has 4 heteroatoms. The minimum atomic E-state index is 0.308. The predicted octanol–water partition coefficient (Wildman–Crippen LogP) is 4.45. The Bertz CT molecular complexity index is 472. The van der Waals surface area contributed by atoms with Crippen LogP contribution in [0.3, 0.4) is 0 Å². The van der Waals surface area contributed by atoms with Gasteiger partial charge in [-0.1, -0.05) is 30.3 Å². The largest absolute Gasteiger partial charge is 0.308 e. The van der Waals surface area contributed by atoms with E-state index in [9.17, 15) is 0 Å². The molecule has 0 radical (unpaired) electrons. The number of hydrogen-bond donors (Lipinski definition) is 1. The first-order chi connectivity index (χ1) is 8.79. The molecule has 1 atom stereocenters. The summed E-state index contributed by atoms with van der Waals surface area (Å²) in [6, 6.07) is 12.8. The molecule has 0 aliphatic rings. The average molecular weight is 345 g/mol. The zero-order valence-corrected chi connectivity index (χ0v) is 13.1. The Balaban J connectivity index is 1.88. The number of halogens is 2. The van der Waals surface area contributed by atoms with Gasteiger partial charge in [0.2, 0.25) is 0 Å². The normalized spacial score (nSPS) is 12.6. The number of benzene rings is 1. The van der Waals surface area contributed by atoms with E-state index < -0.39 is 0 Å². The van der Waals surface area contributed by atoms with Gasteiger partial charge in [-0.3, -0.25) is 0 Å². The van der Waals surface area contributed by atoms with E-state index in [4.69, 9.17) is 11.6 Å². The van der Waals surface area contributed by atoms with Crippen molar-refractivity contribution in [2.45, 2.75) is 19.0 Å². The van der Waals surface area contributed by atoms with E-state index in [1.165, 1.54) is 14.9 Å². The summed E-state index contributed by atoms with van der Waals surface area (Å²) in [5.41, 5.74) is 1.32. The number of thiophene rings is 1. The average Bonchev–Trinajstić information content (AvgIpc) is 2.81. The van der Waals surface area contributed by atoms with Crippen LogP contribution in [0.1, 0.15) is 10.4 Å². The van der Waals surface area contributed by atoms with Crippen LogP contribution in [-0.4, -0.2) is 11.9 Å². The van der Waals surface area contributed by atoms with Crippen LogP contribution in [0, 0.1) is 0 Å². The van der Waals surface area contributed by atoms with E-state index in [1.807, 2.05) is 6.07 Å². The van der Waals surface area contributed by atoms with Gasteiger partial charge in [0.25, 0.3) is 0 Å². The molecule has 1 aromatic carbocycles. The Morgan fingerprint density at radius 2 is 2.00 bits per heavy atom. The van der Waals surface area contributed by atoms with Gasteiger partial charge in [0.15, 0.2) is 0 Å². The van der Waals surface area contributed by atoms with Crippen molar-refractivity contribution in [2.24, 2.45) is 0 Å². The van der Waals surface area contributed by atoms with Crippen LogP contribution in [0.5, 0.6) is 0 Å². The molecule has 96 valence electrons. The zero-order valence-electron chi connectivity index (χ0n) is 9.90. The predicted molar refractivity (Wildman–Crippen MR) is 83.5 cm³/mol. The van der Waals surface area contributed by atoms with Gasteiger partial charge < -0.3 is 5.32 Å². The van der Waals surface area contributed by atoms with E-state index in [1.54, 1.807) is 11.3 Å². The molecule has 0 aliphatic heterocycles. The van der Waals surface area contributed by atoms with Crippen molar-refractivity contribution in [2.75, 3.05) is 5.88 Å². The molecule has 1 aromatic heterocycles. The zero-order chi connectivity index (χ0) is 12.8. The molecule has 1 nitrogen and oxygen atoms in total. The van der Waals surface area contributed by atoms with E-state index in [0.717, 1.165) is 13.0 Å². The molecule has 1 N–H and O–H groups in total. The highest BCUT2D eigenvalue weighted by atomic mass is 79.9. The molecular weight excluding hydrogens is 330 g/mol. The minimum Gasteiger partial charge on any atom is -0.308 e. The summed E-state index contributed by atoms with van der Waals surface area (Å²) < 4.78 is 1.17. The summed E-state index contributed by atoms with van der Waals surface area (Å²) in [7, 11) is 0. The van der Waals surface area contributed by atoms with E-state index in [2.05, 4.69) is 57.0 Å². The third-order valence-corrected chi connectivity index (χ3v) is 5.05. The highest BCUT2D eigenvalue weighted by Gasteiger charge is 2.09. The monoisotopic (exact) mass is 343 g/mol. The summed E-state index contributed by atoms with van der Waals surface area (Å²) in [5, 5.41) is 5.60. The lowest BCUT2D eigenvalue weighted by Crippen LogP contribution is -2.32. The Morgan fingerprint density at radius 1 is 1.22 bits per heavy atom. The van der Waals surface area contributed by atoms with E-state index in [0.29, 0.717) is 11.9 Å². The molecule has 1 heterocycles. The van der Waals surface area contributed by atoms with Crippen LogP contribution < -0.4 is 5.32 Å². The fourth-order valence-electron chi connectivity index (χ4n) is 1.77. The minimum absolute atomic E-state index is 0.308. The van der Waals surface area contributed by atoms with Crippen LogP contribution in [0.2, 0.25) is 0 Å². The Labute approximate surface area is 125 Å². The molecule has 18 heavy (non-hydrogen) atoms. The smallest absolute Gasteiger partial charge is 0.0380 e. The second-order valence-electron chi connectivity index (χ2n) is 4.11. The van der Waals surface area contributed by atoms with Crippen LogP contribution >= 0.6 is 38.9 Å².